The predicted octanol–water partition coefficient (Wildman–Crippen LogP) is 6.14. The molecule has 0 bridgehead atoms. The highest BCUT2D eigenvalue weighted by molar-refractivity contribution is 6.03. The first-order chi connectivity index (χ1) is 20.5. The monoisotopic (exact) mass is 560 g/mol. The molecule has 3 aromatic carbocycles. The van der Waals surface area contributed by atoms with Crippen LogP contribution in [0.3, 0.4) is 0 Å². The van der Waals surface area contributed by atoms with Crippen molar-refractivity contribution in [3.8, 4) is 28.7 Å². The molecule has 2 aromatic heterocycles. The van der Waals surface area contributed by atoms with Crippen LogP contribution in [0.5, 0.6) is 23.0 Å². The van der Waals surface area contributed by atoms with Crippen LogP contribution in [0, 0.1) is 0 Å². The third kappa shape index (κ3) is 5.03. The fourth-order valence-electron chi connectivity index (χ4n) is 5.36. The largest absolute Gasteiger partial charge is 0.493 e. The molecule has 0 spiro atoms. The Balaban J connectivity index is 1.27. The molecule has 0 amide bonds. The van der Waals surface area contributed by atoms with Gasteiger partial charge < -0.3 is 14.2 Å². The van der Waals surface area contributed by atoms with Crippen molar-refractivity contribution in [3.05, 3.63) is 118 Å². The van der Waals surface area contributed by atoms with Crippen LogP contribution < -0.4 is 19.8 Å². The summed E-state index contributed by atoms with van der Waals surface area (Å²) >= 11 is 0. The lowest BCUT2D eigenvalue weighted by Gasteiger charge is -2.21. The fraction of sp³-hybridized carbons (Fsp3) is 0.176. The summed E-state index contributed by atoms with van der Waals surface area (Å²) in [5.41, 5.74) is 2.78. The second-order valence-corrected chi connectivity index (χ2v) is 10.1. The predicted molar refractivity (Wildman–Crippen MR) is 159 cm³/mol. The Morgan fingerprint density at radius 3 is 2.33 bits per heavy atom. The Morgan fingerprint density at radius 2 is 1.60 bits per heavy atom. The number of ketones is 2. The van der Waals surface area contributed by atoms with Gasteiger partial charge in [-0.05, 0) is 60.9 Å². The lowest BCUT2D eigenvalue weighted by atomic mass is 9.91. The third-order valence-electron chi connectivity index (χ3n) is 7.46. The summed E-state index contributed by atoms with van der Waals surface area (Å²) in [6.45, 7) is 0. The zero-order valence-corrected chi connectivity index (χ0v) is 23.3. The zero-order chi connectivity index (χ0) is 29.2. The van der Waals surface area contributed by atoms with Crippen LogP contribution in [0.1, 0.15) is 44.8 Å². The van der Waals surface area contributed by atoms with Crippen LogP contribution in [0.15, 0.2) is 89.9 Å². The van der Waals surface area contributed by atoms with Crippen molar-refractivity contribution < 1.29 is 23.8 Å². The molecule has 210 valence electrons. The van der Waals surface area contributed by atoms with Crippen molar-refractivity contribution in [2.75, 3.05) is 14.2 Å². The van der Waals surface area contributed by atoms with E-state index in [2.05, 4.69) is 4.98 Å². The van der Waals surface area contributed by atoms with Crippen molar-refractivity contribution in [1.29, 1.82) is 0 Å². The number of carbonyl (C=O) groups excluding carboxylic acids is 2. The highest BCUT2D eigenvalue weighted by atomic mass is 16.5. The number of pyridine rings is 2. The number of rotatable bonds is 8. The van der Waals surface area contributed by atoms with Gasteiger partial charge in [0.1, 0.15) is 11.5 Å². The molecule has 0 fully saturated rings. The lowest BCUT2D eigenvalue weighted by Crippen LogP contribution is -2.32. The summed E-state index contributed by atoms with van der Waals surface area (Å²) in [6.07, 6.45) is 3.35. The minimum Gasteiger partial charge on any atom is -0.493 e. The summed E-state index contributed by atoms with van der Waals surface area (Å²) in [5, 5.41) is 0.756. The van der Waals surface area contributed by atoms with E-state index >= 15 is 0 Å². The van der Waals surface area contributed by atoms with E-state index in [0.717, 1.165) is 5.39 Å². The molecule has 0 saturated heterocycles. The number of fused-ring (bicyclic) bond motifs is 2. The number of hydrogen-bond donors (Lipinski definition) is 0. The molecular formula is C34H28N2O6. The smallest absolute Gasteiger partial charge is 0.266 e. The van der Waals surface area contributed by atoms with Gasteiger partial charge in [-0.2, -0.15) is 0 Å². The molecule has 0 N–H and O–H groups in total. The van der Waals surface area contributed by atoms with E-state index in [0.29, 0.717) is 70.3 Å². The summed E-state index contributed by atoms with van der Waals surface area (Å²) in [5.74, 6) is 1.90. The van der Waals surface area contributed by atoms with Gasteiger partial charge in [0.05, 0.1) is 25.3 Å². The van der Waals surface area contributed by atoms with E-state index < -0.39 is 5.56 Å². The average Bonchev–Trinajstić information content (AvgIpc) is 3.01. The van der Waals surface area contributed by atoms with Crippen molar-refractivity contribution >= 4 is 22.5 Å². The Kier molecular flexibility index (Phi) is 7.27. The molecule has 5 aromatic rings. The summed E-state index contributed by atoms with van der Waals surface area (Å²) in [7, 11) is 3.14. The molecule has 0 unspecified atom stereocenters. The minimum absolute atomic E-state index is 0.00642. The molecule has 0 atom stereocenters. The van der Waals surface area contributed by atoms with E-state index in [1.807, 2.05) is 36.4 Å². The minimum atomic E-state index is -0.406. The van der Waals surface area contributed by atoms with E-state index in [1.54, 1.807) is 56.8 Å². The second kappa shape index (κ2) is 11.3. The molecule has 0 aliphatic heterocycles. The Bertz CT molecular complexity index is 1880. The zero-order valence-electron chi connectivity index (χ0n) is 23.3. The number of Topliss-reactive ketones (excluding diaryl/α,β-unsaturated/α-hetero) is 2. The number of benzene rings is 3. The fourth-order valence-corrected chi connectivity index (χ4v) is 5.36. The molecule has 1 aliphatic rings. The van der Waals surface area contributed by atoms with Crippen molar-refractivity contribution in [1.82, 2.24) is 9.55 Å². The Labute approximate surface area is 242 Å². The number of para-hydroxylation sites is 1. The normalized spacial score (nSPS) is 12.6. The van der Waals surface area contributed by atoms with Gasteiger partial charge in [0, 0.05) is 47.4 Å². The summed E-state index contributed by atoms with van der Waals surface area (Å²) in [6, 6.07) is 23.1. The molecule has 6 rings (SSSR count). The van der Waals surface area contributed by atoms with Crippen LogP contribution in [-0.4, -0.2) is 35.3 Å². The van der Waals surface area contributed by atoms with Crippen LogP contribution in [0.2, 0.25) is 0 Å². The van der Waals surface area contributed by atoms with Gasteiger partial charge in [0.25, 0.3) is 5.56 Å². The highest BCUT2D eigenvalue weighted by Gasteiger charge is 2.26. The molecule has 42 heavy (non-hydrogen) atoms. The second-order valence-electron chi connectivity index (χ2n) is 10.1. The van der Waals surface area contributed by atoms with Crippen molar-refractivity contribution in [2.45, 2.75) is 25.7 Å². The van der Waals surface area contributed by atoms with Gasteiger partial charge in [-0.25, -0.2) is 0 Å². The molecule has 0 radical (unpaired) electrons. The number of nitrogens with zero attached hydrogens (tertiary/aromatic N) is 2. The van der Waals surface area contributed by atoms with E-state index in [-0.39, 0.29) is 23.6 Å². The van der Waals surface area contributed by atoms with E-state index in [9.17, 15) is 14.4 Å². The number of carbonyl (C=O) groups is 2. The molecule has 1 aliphatic carbocycles. The van der Waals surface area contributed by atoms with E-state index in [1.165, 1.54) is 10.6 Å². The van der Waals surface area contributed by atoms with Gasteiger partial charge in [0.15, 0.2) is 23.1 Å². The van der Waals surface area contributed by atoms with Crippen molar-refractivity contribution in [3.63, 3.8) is 0 Å². The number of methoxy groups -OCH3 is 2. The maximum Gasteiger partial charge on any atom is 0.266 e. The van der Waals surface area contributed by atoms with Gasteiger partial charge in [0.2, 0.25) is 0 Å². The Hall–Kier alpha value is -5.24. The van der Waals surface area contributed by atoms with Gasteiger partial charge >= 0.3 is 0 Å². The number of hydrogen-bond acceptors (Lipinski definition) is 7. The average molecular weight is 561 g/mol. The maximum absolute atomic E-state index is 13.6. The van der Waals surface area contributed by atoms with Gasteiger partial charge in [-0.15, -0.1) is 0 Å². The highest BCUT2D eigenvalue weighted by Crippen LogP contribution is 2.37. The summed E-state index contributed by atoms with van der Waals surface area (Å²) in [4.78, 5) is 44.3. The van der Waals surface area contributed by atoms with Gasteiger partial charge in [-0.1, -0.05) is 30.3 Å². The van der Waals surface area contributed by atoms with E-state index in [4.69, 9.17) is 14.2 Å². The van der Waals surface area contributed by atoms with Crippen LogP contribution in [-0.2, 0) is 12.8 Å². The first kappa shape index (κ1) is 27.0. The van der Waals surface area contributed by atoms with Crippen LogP contribution >= 0.6 is 0 Å². The first-order valence-electron chi connectivity index (χ1n) is 13.6. The van der Waals surface area contributed by atoms with Crippen LogP contribution in [0.25, 0.3) is 16.6 Å². The molecule has 8 heteroatoms. The molecular weight excluding hydrogens is 532 g/mol. The lowest BCUT2D eigenvalue weighted by molar-refractivity contribution is 0.0971. The molecule has 0 saturated carbocycles. The standard InChI is InChI=1S/C34H28N2O6/c1-40-32-19-24-27(20-33(32)41-2)35-16-15-31(24)42-23-13-11-21(12-14-23)17-30(38)26-18-25-28(9-6-10-29(25)37)36(34(26)39)22-7-4-3-5-8-22/h3-5,7-8,11-16,18-20H,6,9-10,17H2,1-2H3. The quantitative estimate of drug-likeness (QED) is 0.210. The molecule has 8 nitrogen and oxygen atoms in total. The topological polar surface area (TPSA) is 96.7 Å². The first-order valence-corrected chi connectivity index (χ1v) is 13.6. The number of aromatic nitrogens is 2. The Morgan fingerprint density at radius 1 is 0.857 bits per heavy atom. The molecule has 2 heterocycles. The summed E-state index contributed by atoms with van der Waals surface area (Å²) < 4.78 is 18.5. The van der Waals surface area contributed by atoms with Crippen LogP contribution in [0.4, 0.5) is 0 Å². The SMILES string of the molecule is COc1cc2nccc(Oc3ccc(CC(=O)c4cc5c(n(-c6ccccc6)c4=O)CCCC5=O)cc3)c2cc1OC. The maximum atomic E-state index is 13.6. The van der Waals surface area contributed by atoms with Gasteiger partial charge in [-0.3, -0.25) is 23.9 Å². The van der Waals surface area contributed by atoms with Crippen molar-refractivity contribution in [2.24, 2.45) is 0 Å². The third-order valence-corrected chi connectivity index (χ3v) is 7.46. The number of ether oxygens (including phenoxy) is 3.